The van der Waals surface area contributed by atoms with Crippen LogP contribution in [0, 0.1) is 0 Å². The molecule has 0 aromatic heterocycles. The Balaban J connectivity index is 2.97. The van der Waals surface area contributed by atoms with E-state index in [-0.39, 0.29) is 6.10 Å². The lowest BCUT2D eigenvalue weighted by molar-refractivity contribution is 0.185. The van der Waals surface area contributed by atoms with E-state index in [0.717, 1.165) is 12.2 Å². The van der Waals surface area contributed by atoms with Gasteiger partial charge in [0.05, 0.1) is 6.10 Å². The molecule has 0 aromatic carbocycles. The molecule has 1 unspecified atom stereocenters. The summed E-state index contributed by atoms with van der Waals surface area (Å²) < 4.78 is 0. The molecule has 0 aliphatic heterocycles. The van der Waals surface area contributed by atoms with Crippen molar-refractivity contribution in [3.05, 3.63) is 0 Å². The van der Waals surface area contributed by atoms with Crippen molar-refractivity contribution in [1.29, 1.82) is 0 Å². The fourth-order valence-corrected chi connectivity index (χ4v) is 1.99. The molecule has 0 fully saturated rings. The Kier molecular flexibility index (Phi) is 10.6. The third-order valence-electron chi connectivity index (χ3n) is 2.25. The maximum absolute atomic E-state index is 9.43. The summed E-state index contributed by atoms with van der Waals surface area (Å²) in [4.78, 5) is 0. The van der Waals surface area contributed by atoms with Crippen molar-refractivity contribution < 1.29 is 5.11 Å². The SMILES string of the molecule is CCCCCCCCC(O)CSC. The Morgan fingerprint density at radius 1 is 1.08 bits per heavy atom. The number of unbranched alkanes of at least 4 members (excludes halogenated alkanes) is 5. The normalized spacial score (nSPS) is 13.2. The summed E-state index contributed by atoms with van der Waals surface area (Å²) in [5.74, 6) is 0.898. The van der Waals surface area contributed by atoms with Gasteiger partial charge in [-0.15, -0.1) is 0 Å². The highest BCUT2D eigenvalue weighted by molar-refractivity contribution is 7.98. The minimum atomic E-state index is -0.0684. The fraction of sp³-hybridized carbons (Fsp3) is 1.00. The second-order valence-corrected chi connectivity index (χ2v) is 4.58. The Morgan fingerprint density at radius 2 is 1.69 bits per heavy atom. The molecule has 0 aliphatic rings. The molecule has 0 radical (unpaired) electrons. The summed E-state index contributed by atoms with van der Waals surface area (Å²) in [6.45, 7) is 2.24. The van der Waals surface area contributed by atoms with E-state index in [2.05, 4.69) is 6.92 Å². The van der Waals surface area contributed by atoms with E-state index in [4.69, 9.17) is 0 Å². The van der Waals surface area contributed by atoms with Crippen molar-refractivity contribution in [2.45, 2.75) is 58.0 Å². The standard InChI is InChI=1S/C11H24OS/c1-3-4-5-6-7-8-9-11(12)10-13-2/h11-12H,3-10H2,1-2H3. The monoisotopic (exact) mass is 204 g/mol. The average molecular weight is 204 g/mol. The minimum Gasteiger partial charge on any atom is -0.392 e. The van der Waals surface area contributed by atoms with Crippen LogP contribution in [0.2, 0.25) is 0 Å². The lowest BCUT2D eigenvalue weighted by Gasteiger charge is -2.07. The average Bonchev–Trinajstić information content (AvgIpc) is 2.11. The Morgan fingerprint density at radius 3 is 2.31 bits per heavy atom. The quantitative estimate of drug-likeness (QED) is 0.580. The predicted octanol–water partition coefficient (Wildman–Crippen LogP) is 3.46. The molecule has 0 rings (SSSR count). The molecule has 1 nitrogen and oxygen atoms in total. The second kappa shape index (κ2) is 10.4. The van der Waals surface area contributed by atoms with Gasteiger partial charge in [0.1, 0.15) is 0 Å². The van der Waals surface area contributed by atoms with Crippen molar-refractivity contribution in [2.24, 2.45) is 0 Å². The van der Waals surface area contributed by atoms with Crippen molar-refractivity contribution in [3.8, 4) is 0 Å². The first-order valence-corrected chi connectivity index (χ1v) is 6.87. The molecule has 2 heteroatoms. The maximum Gasteiger partial charge on any atom is 0.0630 e. The van der Waals surface area contributed by atoms with E-state index >= 15 is 0 Å². The van der Waals surface area contributed by atoms with Gasteiger partial charge in [-0.25, -0.2) is 0 Å². The van der Waals surface area contributed by atoms with Gasteiger partial charge in [0.15, 0.2) is 0 Å². The number of aliphatic hydroxyl groups is 1. The number of hydrogen-bond acceptors (Lipinski definition) is 2. The fourth-order valence-electron chi connectivity index (χ4n) is 1.44. The number of rotatable bonds is 9. The van der Waals surface area contributed by atoms with Crippen LogP contribution in [-0.2, 0) is 0 Å². The van der Waals surface area contributed by atoms with Crippen LogP contribution in [0.25, 0.3) is 0 Å². The van der Waals surface area contributed by atoms with Crippen LogP contribution in [-0.4, -0.2) is 23.2 Å². The van der Waals surface area contributed by atoms with Gasteiger partial charge in [-0.3, -0.25) is 0 Å². The number of thioether (sulfide) groups is 1. The first-order chi connectivity index (χ1) is 6.31. The molecule has 0 aromatic rings. The maximum atomic E-state index is 9.43. The first-order valence-electron chi connectivity index (χ1n) is 5.48. The lowest BCUT2D eigenvalue weighted by Crippen LogP contribution is -2.08. The van der Waals surface area contributed by atoms with Gasteiger partial charge in [0.25, 0.3) is 0 Å². The van der Waals surface area contributed by atoms with E-state index in [1.54, 1.807) is 11.8 Å². The van der Waals surface area contributed by atoms with Gasteiger partial charge < -0.3 is 5.11 Å². The zero-order valence-electron chi connectivity index (χ0n) is 9.09. The van der Waals surface area contributed by atoms with E-state index in [1.807, 2.05) is 6.26 Å². The Hall–Kier alpha value is 0.310. The molecule has 0 spiro atoms. The van der Waals surface area contributed by atoms with Crippen LogP contribution in [0.1, 0.15) is 51.9 Å². The van der Waals surface area contributed by atoms with E-state index < -0.39 is 0 Å². The second-order valence-electron chi connectivity index (χ2n) is 3.67. The molecule has 0 heterocycles. The van der Waals surface area contributed by atoms with Crippen molar-refractivity contribution in [2.75, 3.05) is 12.0 Å². The van der Waals surface area contributed by atoms with Crippen LogP contribution < -0.4 is 0 Å². The van der Waals surface area contributed by atoms with Crippen LogP contribution in [0.5, 0.6) is 0 Å². The molecular formula is C11H24OS. The van der Waals surface area contributed by atoms with Gasteiger partial charge in [-0.05, 0) is 12.7 Å². The largest absolute Gasteiger partial charge is 0.392 e. The highest BCUT2D eigenvalue weighted by Gasteiger charge is 2.01. The Labute approximate surface area is 87.3 Å². The zero-order chi connectivity index (χ0) is 9.94. The molecular weight excluding hydrogens is 180 g/mol. The zero-order valence-corrected chi connectivity index (χ0v) is 9.91. The summed E-state index contributed by atoms with van der Waals surface area (Å²) in [6, 6.07) is 0. The number of hydrogen-bond donors (Lipinski definition) is 1. The number of aliphatic hydroxyl groups excluding tert-OH is 1. The van der Waals surface area contributed by atoms with Gasteiger partial charge in [0.2, 0.25) is 0 Å². The van der Waals surface area contributed by atoms with Crippen molar-refractivity contribution in [3.63, 3.8) is 0 Å². The van der Waals surface area contributed by atoms with Gasteiger partial charge in [-0.2, -0.15) is 11.8 Å². The lowest BCUT2D eigenvalue weighted by atomic mass is 10.1. The molecule has 1 N–H and O–H groups in total. The van der Waals surface area contributed by atoms with Gasteiger partial charge >= 0.3 is 0 Å². The van der Waals surface area contributed by atoms with Crippen molar-refractivity contribution >= 4 is 11.8 Å². The first kappa shape index (κ1) is 13.3. The molecule has 0 aliphatic carbocycles. The summed E-state index contributed by atoms with van der Waals surface area (Å²) in [6.07, 6.45) is 10.9. The van der Waals surface area contributed by atoms with Gasteiger partial charge in [0, 0.05) is 5.75 Å². The smallest absolute Gasteiger partial charge is 0.0630 e. The highest BCUT2D eigenvalue weighted by Crippen LogP contribution is 2.10. The summed E-state index contributed by atoms with van der Waals surface area (Å²) in [5, 5.41) is 9.43. The highest BCUT2D eigenvalue weighted by atomic mass is 32.2. The molecule has 0 saturated carbocycles. The van der Waals surface area contributed by atoms with E-state index in [0.29, 0.717) is 0 Å². The van der Waals surface area contributed by atoms with Crippen LogP contribution in [0.3, 0.4) is 0 Å². The van der Waals surface area contributed by atoms with E-state index in [9.17, 15) is 5.11 Å². The van der Waals surface area contributed by atoms with Crippen molar-refractivity contribution in [1.82, 2.24) is 0 Å². The Bertz CT molecular complexity index is 96.1. The summed E-state index contributed by atoms with van der Waals surface area (Å²) >= 11 is 1.73. The predicted molar refractivity (Wildman–Crippen MR) is 62.4 cm³/mol. The third-order valence-corrected chi connectivity index (χ3v) is 2.97. The van der Waals surface area contributed by atoms with E-state index in [1.165, 1.54) is 38.5 Å². The molecule has 0 bridgehead atoms. The molecule has 0 amide bonds. The molecule has 1 atom stereocenters. The molecule has 0 saturated heterocycles. The summed E-state index contributed by atoms with van der Waals surface area (Å²) in [7, 11) is 0. The molecule has 80 valence electrons. The topological polar surface area (TPSA) is 20.2 Å². The van der Waals surface area contributed by atoms with Crippen LogP contribution in [0.4, 0.5) is 0 Å². The van der Waals surface area contributed by atoms with Crippen LogP contribution >= 0.6 is 11.8 Å². The molecule has 13 heavy (non-hydrogen) atoms. The van der Waals surface area contributed by atoms with Gasteiger partial charge in [-0.1, -0.05) is 45.4 Å². The minimum absolute atomic E-state index is 0.0684. The summed E-state index contributed by atoms with van der Waals surface area (Å²) in [5.41, 5.74) is 0. The van der Waals surface area contributed by atoms with Crippen LogP contribution in [0.15, 0.2) is 0 Å². The third kappa shape index (κ3) is 10.2.